The highest BCUT2D eigenvalue weighted by molar-refractivity contribution is 9.10. The van der Waals surface area contributed by atoms with Gasteiger partial charge in [0.15, 0.2) is 0 Å². The lowest BCUT2D eigenvalue weighted by atomic mass is 10.0. The summed E-state index contributed by atoms with van der Waals surface area (Å²) >= 11 is 3.08. The van der Waals surface area contributed by atoms with Crippen LogP contribution in [0.3, 0.4) is 0 Å². The fourth-order valence-corrected chi connectivity index (χ4v) is 2.14. The molecule has 0 aliphatic carbocycles. The maximum atomic E-state index is 13.3. The fraction of sp³-hybridized carbons (Fsp3) is 0.143. The molecule has 0 saturated heterocycles. The standard InChI is InChI=1S/C14H9BrF4O/c1-8-6-13(16)12(15)7-11(8)9-2-4-10(5-3-9)20-14(17,18)19/h2-7H,1H3. The maximum absolute atomic E-state index is 13.3. The Bertz CT molecular complexity index is 620. The SMILES string of the molecule is Cc1cc(F)c(Br)cc1-c1ccc(OC(F)(F)F)cc1. The Hall–Kier alpha value is -1.56. The van der Waals surface area contributed by atoms with Crippen molar-refractivity contribution in [2.45, 2.75) is 13.3 Å². The zero-order valence-corrected chi connectivity index (χ0v) is 11.8. The normalized spacial score (nSPS) is 11.5. The molecule has 0 atom stereocenters. The van der Waals surface area contributed by atoms with Gasteiger partial charge in [-0.15, -0.1) is 13.2 Å². The lowest BCUT2D eigenvalue weighted by molar-refractivity contribution is -0.274. The number of benzene rings is 2. The van der Waals surface area contributed by atoms with Crippen molar-refractivity contribution >= 4 is 15.9 Å². The lowest BCUT2D eigenvalue weighted by Gasteiger charge is -2.11. The molecule has 0 N–H and O–H groups in total. The summed E-state index contributed by atoms with van der Waals surface area (Å²) in [6.45, 7) is 1.73. The van der Waals surface area contributed by atoms with Crippen molar-refractivity contribution in [1.82, 2.24) is 0 Å². The highest BCUT2D eigenvalue weighted by Crippen LogP contribution is 2.31. The summed E-state index contributed by atoms with van der Waals surface area (Å²) in [6, 6.07) is 8.38. The van der Waals surface area contributed by atoms with Crippen molar-refractivity contribution in [2.24, 2.45) is 0 Å². The Morgan fingerprint density at radius 2 is 1.65 bits per heavy atom. The van der Waals surface area contributed by atoms with E-state index in [0.717, 1.165) is 5.56 Å². The average molecular weight is 349 g/mol. The van der Waals surface area contributed by atoms with E-state index >= 15 is 0 Å². The molecule has 0 radical (unpaired) electrons. The number of ether oxygens (including phenoxy) is 1. The molecule has 106 valence electrons. The average Bonchev–Trinajstić information content (AvgIpc) is 2.33. The Kier molecular flexibility index (Phi) is 4.04. The lowest BCUT2D eigenvalue weighted by Crippen LogP contribution is -2.16. The molecule has 2 aromatic rings. The van der Waals surface area contributed by atoms with Crippen molar-refractivity contribution in [1.29, 1.82) is 0 Å². The van der Waals surface area contributed by atoms with Gasteiger partial charge in [-0.3, -0.25) is 0 Å². The van der Waals surface area contributed by atoms with E-state index in [9.17, 15) is 17.6 Å². The molecular weight excluding hydrogens is 340 g/mol. The second kappa shape index (κ2) is 5.44. The van der Waals surface area contributed by atoms with Crippen LogP contribution in [0, 0.1) is 12.7 Å². The number of alkyl halides is 3. The molecule has 2 rings (SSSR count). The van der Waals surface area contributed by atoms with Crippen molar-refractivity contribution in [3.05, 3.63) is 52.3 Å². The monoisotopic (exact) mass is 348 g/mol. The Morgan fingerprint density at radius 3 is 2.20 bits per heavy atom. The molecule has 0 spiro atoms. The first-order valence-electron chi connectivity index (χ1n) is 5.58. The molecule has 0 saturated carbocycles. The van der Waals surface area contributed by atoms with E-state index in [4.69, 9.17) is 0 Å². The van der Waals surface area contributed by atoms with E-state index in [-0.39, 0.29) is 11.6 Å². The summed E-state index contributed by atoms with van der Waals surface area (Å²) in [7, 11) is 0. The summed E-state index contributed by atoms with van der Waals surface area (Å²) in [6.07, 6.45) is -4.71. The van der Waals surface area contributed by atoms with E-state index in [2.05, 4.69) is 20.7 Å². The van der Waals surface area contributed by atoms with Gasteiger partial charge in [-0.2, -0.15) is 0 Å². The van der Waals surface area contributed by atoms with E-state index in [1.54, 1.807) is 13.0 Å². The minimum Gasteiger partial charge on any atom is -0.406 e. The van der Waals surface area contributed by atoms with Gasteiger partial charge in [0.1, 0.15) is 11.6 Å². The number of rotatable bonds is 2. The van der Waals surface area contributed by atoms with Gasteiger partial charge in [-0.1, -0.05) is 12.1 Å². The molecule has 20 heavy (non-hydrogen) atoms. The molecule has 0 fully saturated rings. The van der Waals surface area contributed by atoms with Crippen LogP contribution in [0.25, 0.3) is 11.1 Å². The van der Waals surface area contributed by atoms with Gasteiger partial charge < -0.3 is 4.74 Å². The van der Waals surface area contributed by atoms with Gasteiger partial charge in [0.2, 0.25) is 0 Å². The minimum absolute atomic E-state index is 0.292. The third-order valence-electron chi connectivity index (χ3n) is 2.67. The van der Waals surface area contributed by atoms with Crippen molar-refractivity contribution < 1.29 is 22.3 Å². The van der Waals surface area contributed by atoms with Crippen LogP contribution in [-0.2, 0) is 0 Å². The summed E-state index contributed by atoms with van der Waals surface area (Å²) < 4.78 is 53.6. The molecule has 1 nitrogen and oxygen atoms in total. The van der Waals surface area contributed by atoms with Crippen molar-refractivity contribution in [3.63, 3.8) is 0 Å². The van der Waals surface area contributed by atoms with Gasteiger partial charge in [0.25, 0.3) is 0 Å². The predicted octanol–water partition coefficient (Wildman–Crippen LogP) is 5.46. The summed E-state index contributed by atoms with van der Waals surface area (Å²) in [5, 5.41) is 0. The van der Waals surface area contributed by atoms with Crippen LogP contribution >= 0.6 is 15.9 Å². The van der Waals surface area contributed by atoms with Crippen LogP contribution in [0.15, 0.2) is 40.9 Å². The quantitative estimate of drug-likeness (QED) is 0.654. The number of halogens is 5. The van der Waals surface area contributed by atoms with Crippen LogP contribution in [0.4, 0.5) is 17.6 Å². The van der Waals surface area contributed by atoms with Crippen LogP contribution in [0.1, 0.15) is 5.56 Å². The van der Waals surface area contributed by atoms with Gasteiger partial charge >= 0.3 is 6.36 Å². The van der Waals surface area contributed by atoms with Crippen molar-refractivity contribution in [3.8, 4) is 16.9 Å². The third kappa shape index (κ3) is 3.50. The molecule has 6 heteroatoms. The molecule has 0 bridgehead atoms. The van der Waals surface area contributed by atoms with E-state index in [0.29, 0.717) is 15.6 Å². The molecule has 0 aliphatic rings. The second-order valence-electron chi connectivity index (χ2n) is 4.15. The Labute approximate surface area is 121 Å². The number of aryl methyl sites for hydroxylation is 1. The maximum Gasteiger partial charge on any atom is 0.573 e. The highest BCUT2D eigenvalue weighted by Gasteiger charge is 2.30. The third-order valence-corrected chi connectivity index (χ3v) is 3.27. The van der Waals surface area contributed by atoms with Gasteiger partial charge in [-0.25, -0.2) is 4.39 Å². The largest absolute Gasteiger partial charge is 0.573 e. The molecule has 0 unspecified atom stereocenters. The Balaban J connectivity index is 2.33. The minimum atomic E-state index is -4.71. The molecular formula is C14H9BrF4O. The van der Waals surface area contributed by atoms with Gasteiger partial charge in [0.05, 0.1) is 4.47 Å². The van der Waals surface area contributed by atoms with E-state index in [1.165, 1.54) is 30.3 Å². The van der Waals surface area contributed by atoms with Gasteiger partial charge in [-0.05, 0) is 63.8 Å². The zero-order chi connectivity index (χ0) is 14.9. The van der Waals surface area contributed by atoms with Crippen LogP contribution in [0.2, 0.25) is 0 Å². The molecule has 0 aromatic heterocycles. The molecule has 0 aliphatic heterocycles. The summed E-state index contributed by atoms with van der Waals surface area (Å²) in [5.74, 6) is -0.677. The van der Waals surface area contributed by atoms with Crippen molar-refractivity contribution in [2.75, 3.05) is 0 Å². The molecule has 0 heterocycles. The molecule has 2 aromatic carbocycles. The summed E-state index contributed by atoms with van der Waals surface area (Å²) in [5.41, 5.74) is 2.10. The van der Waals surface area contributed by atoms with Crippen LogP contribution in [-0.4, -0.2) is 6.36 Å². The number of hydrogen-bond acceptors (Lipinski definition) is 1. The first-order chi connectivity index (χ1) is 9.26. The molecule has 0 amide bonds. The first kappa shape index (κ1) is 14.8. The van der Waals surface area contributed by atoms with Gasteiger partial charge in [0, 0.05) is 0 Å². The Morgan fingerprint density at radius 1 is 1.05 bits per heavy atom. The number of hydrogen-bond donors (Lipinski definition) is 0. The second-order valence-corrected chi connectivity index (χ2v) is 5.01. The van der Waals surface area contributed by atoms with Crippen LogP contribution < -0.4 is 4.74 Å². The van der Waals surface area contributed by atoms with Crippen LogP contribution in [0.5, 0.6) is 5.75 Å². The predicted molar refractivity (Wildman–Crippen MR) is 71.0 cm³/mol. The first-order valence-corrected chi connectivity index (χ1v) is 6.37. The smallest absolute Gasteiger partial charge is 0.406 e. The zero-order valence-electron chi connectivity index (χ0n) is 10.3. The highest BCUT2D eigenvalue weighted by atomic mass is 79.9. The topological polar surface area (TPSA) is 9.23 Å². The van der Waals surface area contributed by atoms with E-state index < -0.39 is 6.36 Å². The fourth-order valence-electron chi connectivity index (χ4n) is 1.79. The van der Waals surface area contributed by atoms with E-state index in [1.807, 2.05) is 0 Å². The summed E-state index contributed by atoms with van der Waals surface area (Å²) in [4.78, 5) is 0.